The van der Waals surface area contributed by atoms with E-state index in [0.29, 0.717) is 19.3 Å². The van der Waals surface area contributed by atoms with Crippen LogP contribution in [0.3, 0.4) is 0 Å². The van der Waals surface area contributed by atoms with Gasteiger partial charge in [-0.15, -0.1) is 0 Å². The van der Waals surface area contributed by atoms with Crippen LogP contribution in [-0.2, 0) is 152 Å². The summed E-state index contributed by atoms with van der Waals surface area (Å²) in [6.07, 6.45) is -1.50. The summed E-state index contributed by atoms with van der Waals surface area (Å²) in [6.45, 7) is 19.3. The summed E-state index contributed by atoms with van der Waals surface area (Å²) in [6, 6.07) is 0. The van der Waals surface area contributed by atoms with Gasteiger partial charge in [0.25, 0.3) is 40.5 Å². The van der Waals surface area contributed by atoms with E-state index in [4.69, 9.17) is 73.6 Å². The average molecular weight is 1450 g/mol. The highest BCUT2D eigenvalue weighted by Crippen LogP contribution is 2.57. The molecular weight excluding hydrogens is 1370 g/mol. The normalized spacial score (nSPS) is 38.0. The molecule has 4 amide bonds. The third kappa shape index (κ3) is 15.4. The van der Waals surface area contributed by atoms with Gasteiger partial charge in [-0.3, -0.25) is 55.1 Å². The van der Waals surface area contributed by atoms with E-state index in [2.05, 4.69) is 47.6 Å². The second-order valence-electron chi connectivity index (χ2n) is 24.1. The van der Waals surface area contributed by atoms with E-state index in [1.165, 1.54) is 0 Å². The summed E-state index contributed by atoms with van der Waals surface area (Å²) in [4.78, 5) is 89.3. The van der Waals surface area contributed by atoms with Crippen molar-refractivity contribution in [1.82, 2.24) is 21.3 Å². The van der Waals surface area contributed by atoms with Crippen molar-refractivity contribution in [2.24, 2.45) is 5.92 Å². The number of ether oxygens (including phenoxy) is 12. The highest BCUT2D eigenvalue weighted by molar-refractivity contribution is 7.88. The van der Waals surface area contributed by atoms with Gasteiger partial charge in [0.1, 0.15) is 146 Å². The van der Waals surface area contributed by atoms with Crippen molar-refractivity contribution in [3.63, 3.8) is 0 Å². The summed E-state index contributed by atoms with van der Waals surface area (Å²) in [7, 11) is -14.4. The zero-order valence-corrected chi connectivity index (χ0v) is 55.6. The molecule has 12 aliphatic rings. The highest BCUT2D eigenvalue weighted by atomic mass is 32.2. The van der Waals surface area contributed by atoms with Crippen LogP contribution in [0.1, 0.15) is 47.0 Å². The Kier molecular flexibility index (Phi) is 22.8. The number of fused-ring (bicyclic) bond motifs is 4. The molecule has 0 spiro atoms. The lowest BCUT2D eigenvalue weighted by Gasteiger charge is -2.33. The molecule has 12 saturated heterocycles. The van der Waals surface area contributed by atoms with Crippen LogP contribution in [0.2, 0.25) is 0 Å². The Labute approximate surface area is 552 Å². The van der Waals surface area contributed by atoms with E-state index in [0.717, 1.165) is 24.3 Å². The average Bonchev–Trinajstić information content (AvgIpc) is 1.56. The second kappa shape index (κ2) is 29.5. The Morgan fingerprint density at radius 1 is 0.479 bits per heavy atom. The van der Waals surface area contributed by atoms with Crippen molar-refractivity contribution in [2.45, 2.75) is 164 Å². The lowest BCUT2D eigenvalue weighted by atomic mass is 9.83. The fourth-order valence-electron chi connectivity index (χ4n) is 13.7. The minimum Gasteiger partial charge on any atom is -0.462 e. The third-order valence-electron chi connectivity index (χ3n) is 18.1. The molecule has 12 rings (SSSR count). The van der Waals surface area contributed by atoms with Gasteiger partial charge in [0.2, 0.25) is 23.6 Å². The van der Waals surface area contributed by atoms with Gasteiger partial charge in [-0.1, -0.05) is 33.2 Å². The van der Waals surface area contributed by atoms with Crippen LogP contribution in [0.4, 0.5) is 0 Å². The smallest absolute Gasteiger partial charge is 0.325 e. The summed E-state index contributed by atoms with van der Waals surface area (Å²) in [5.74, 6) is -4.51. The zero-order chi connectivity index (χ0) is 70.1. The number of hydrogen-bond acceptors (Lipinski definition) is 32. The first-order valence-electron chi connectivity index (χ1n) is 30.2. The number of carbonyl (C=O) groups excluding carboxylic acids is 8. The van der Waals surface area contributed by atoms with Crippen molar-refractivity contribution >= 4 is 88.0 Å². The Morgan fingerprint density at radius 2 is 0.948 bits per heavy atom. The fraction of sp³-hybridized carbons (Fsp3) is 0.714. The minimum absolute atomic E-state index is 0.0199. The van der Waals surface area contributed by atoms with Crippen molar-refractivity contribution in [3.8, 4) is 0 Å². The van der Waals surface area contributed by atoms with Crippen LogP contribution in [0, 0.1) is 5.92 Å². The number of hydrogen-bond donors (Lipinski definition) is 4. The fourth-order valence-corrected chi connectivity index (χ4v) is 20.9. The van der Waals surface area contributed by atoms with Crippen molar-refractivity contribution < 1.29 is 146 Å². The van der Waals surface area contributed by atoms with Crippen LogP contribution in [-0.4, -0.2) is 277 Å². The van der Waals surface area contributed by atoms with Gasteiger partial charge >= 0.3 is 23.9 Å². The summed E-state index contributed by atoms with van der Waals surface area (Å²) < 4.78 is 181. The predicted molar refractivity (Wildman–Crippen MR) is 317 cm³/mol. The number of amides is 4. The molecule has 96 heavy (non-hydrogen) atoms. The maximum atomic E-state index is 11.9. The van der Waals surface area contributed by atoms with Gasteiger partial charge in [-0.25, -0.2) is 0 Å². The number of carbonyl (C=O) groups is 8. The highest BCUT2D eigenvalue weighted by Gasteiger charge is 2.75. The minimum atomic E-state index is -3.62. The molecule has 0 radical (unpaired) electrons. The van der Waals surface area contributed by atoms with Crippen LogP contribution in [0.5, 0.6) is 0 Å². The lowest BCUT2D eigenvalue weighted by molar-refractivity contribution is -0.151. The van der Waals surface area contributed by atoms with Crippen LogP contribution in [0.25, 0.3) is 0 Å². The third-order valence-corrected chi connectivity index (χ3v) is 25.1. The van der Waals surface area contributed by atoms with Gasteiger partial charge in [0.05, 0.1) is 50.3 Å². The molecule has 40 heteroatoms. The monoisotopic (exact) mass is 1440 g/mol. The van der Waals surface area contributed by atoms with Gasteiger partial charge in [-0.05, 0) is 57.9 Å². The molecule has 0 aromatic carbocycles. The van der Waals surface area contributed by atoms with Crippen molar-refractivity contribution in [2.75, 3.05) is 79.0 Å². The van der Waals surface area contributed by atoms with Crippen molar-refractivity contribution in [1.29, 1.82) is 0 Å². The summed E-state index contributed by atoms with van der Waals surface area (Å²) >= 11 is 0. The summed E-state index contributed by atoms with van der Waals surface area (Å²) in [5.41, 5.74) is -2.49. The number of nitrogens with one attached hydrogen (secondary N) is 4. The maximum Gasteiger partial charge on any atom is 0.325 e. The van der Waals surface area contributed by atoms with E-state index in [-0.39, 0.29) is 103 Å². The predicted octanol–water partition coefficient (Wildman–Crippen LogP) is -4.64. The Hall–Kier alpha value is -5.96. The Balaban J connectivity index is 0.000000150. The van der Waals surface area contributed by atoms with E-state index >= 15 is 0 Å². The topological polar surface area (TPSA) is 469 Å². The summed E-state index contributed by atoms with van der Waals surface area (Å²) in [5, 5.41) is 6.66. The standard InChI is InChI=1S/4C14H19NO8S/c1-3-10(16)15-7-11(17)20-4-5-21-14(2)9-6-8-12(22-9)13(14)23-24(8,18)19;1-3-10(16)15-7-11(17)20-4-5-21-12-8-6-9-14(2,22-8)13(12)23-24(9,18)19;1-3-9(16)15-7-10(17)20-4-5-21-13-12-11-8(24(18,19)23-12)6-14(13,2)22-11;1-3-8(16)15-6-9(17)20-4-5-21-11-10-7(2)14-13(22-10)12(11)23-24(14,18)19/h2*3,8-9,12-13H,1,4-7H2,2H3,(H,15,16);3,8,11-13H,1,4-7H2,2H3,(H,15,16);3,7,10-14H,1,4-6H2,2H3,(H,15,16). The molecule has 0 saturated carbocycles. The molecule has 4 N–H and O–H groups in total. The molecule has 0 aromatic rings. The molecule has 36 nitrogen and oxygen atoms in total. The molecule has 0 aliphatic carbocycles. The molecule has 536 valence electrons. The molecule has 12 heterocycles. The van der Waals surface area contributed by atoms with Gasteiger partial charge in [-0.2, -0.15) is 33.7 Å². The second-order valence-corrected chi connectivity index (χ2v) is 31.2. The molecule has 12 fully saturated rings. The molecule has 21 atom stereocenters. The van der Waals surface area contributed by atoms with Gasteiger partial charge in [0.15, 0.2) is 0 Å². The molecule has 21 unspecified atom stereocenters. The first kappa shape index (κ1) is 74.3. The van der Waals surface area contributed by atoms with Crippen LogP contribution >= 0.6 is 0 Å². The Bertz CT molecular complexity index is 3460. The van der Waals surface area contributed by atoms with E-state index in [9.17, 15) is 72.0 Å². The Morgan fingerprint density at radius 3 is 1.47 bits per heavy atom. The quantitative estimate of drug-likeness (QED) is 0.0188. The first-order chi connectivity index (χ1) is 45.2. The van der Waals surface area contributed by atoms with Crippen LogP contribution in [0.15, 0.2) is 50.6 Å². The van der Waals surface area contributed by atoms with E-state index in [1.807, 2.05) is 0 Å². The van der Waals surface area contributed by atoms with Gasteiger partial charge in [0, 0.05) is 12.3 Å². The largest absolute Gasteiger partial charge is 0.462 e. The van der Waals surface area contributed by atoms with E-state index in [1.54, 1.807) is 27.7 Å². The molecule has 8 bridgehead atoms. The van der Waals surface area contributed by atoms with Gasteiger partial charge < -0.3 is 78.1 Å². The zero-order valence-electron chi connectivity index (χ0n) is 52.3. The number of rotatable bonds is 28. The van der Waals surface area contributed by atoms with Crippen molar-refractivity contribution in [3.05, 3.63) is 50.6 Å². The maximum absolute atomic E-state index is 11.9. The lowest BCUT2D eigenvalue weighted by Crippen LogP contribution is -2.51. The van der Waals surface area contributed by atoms with E-state index < -0.39 is 187 Å². The first-order valence-corrected chi connectivity index (χ1v) is 36.1. The molecule has 12 aliphatic heterocycles. The molecule has 0 aromatic heterocycles. The SMILES string of the molecule is C=CC(=O)NCC(=O)OCCOC1(C)C2CC3C(O2)C1OS3(=O)=O.C=CC(=O)NCC(=O)OCCOC1C2CC3C(C)(O2)C1OS3(=O)=O.C=CC(=O)NCC(=O)OCCOC1C2OC3C1OS(=O)(=O)C3C2C.C=CC(=O)NCC(=O)OCCOC1C2OS(=O)(=O)C3CC1(C)OC23. The number of esters is 4. The molecular formula is C56H76N4O32S4. The van der Waals surface area contributed by atoms with Crippen LogP contribution < -0.4 is 21.3 Å².